The highest BCUT2D eigenvalue weighted by atomic mass is 131. The van der Waals surface area contributed by atoms with Crippen molar-refractivity contribution in [2.24, 2.45) is 22.7 Å². The van der Waals surface area contributed by atoms with Crippen molar-refractivity contribution >= 4 is 158 Å². The molecule has 40 heteroatoms. The molecule has 0 spiro atoms. The van der Waals surface area contributed by atoms with E-state index in [4.69, 9.17) is 60.8 Å². The van der Waals surface area contributed by atoms with Gasteiger partial charge in [-0.1, -0.05) is 69.2 Å². The minimum atomic E-state index is -0.854. The molecule has 0 amide bonds. The van der Waals surface area contributed by atoms with Crippen LogP contribution >= 0.6 is 90.4 Å². The van der Waals surface area contributed by atoms with Crippen molar-refractivity contribution in [3.63, 3.8) is 0 Å². The summed E-state index contributed by atoms with van der Waals surface area (Å²) in [6, 6.07) is 15.6. The maximum Gasteiger partial charge on any atom is 0.312 e. The molecule has 12 N–H and O–H groups in total. The zero-order valence-electron chi connectivity index (χ0n) is 66.7. The molecule has 8 aromatic heterocycles. The summed E-state index contributed by atoms with van der Waals surface area (Å²) in [5, 5.41) is 13.7. The number of rotatable bonds is 26. The van der Waals surface area contributed by atoms with Crippen LogP contribution in [0, 0.1) is 61.3 Å². The molecule has 0 saturated carbocycles. The largest absolute Gasteiger partial charge is 0.454 e. The highest BCUT2D eigenvalue weighted by Gasteiger charge is 2.28. The molecule has 16 rings (SSSR count). The Hall–Kier alpha value is -8.84. The van der Waals surface area contributed by atoms with E-state index in [1.807, 2.05) is 66.8 Å². The van der Waals surface area contributed by atoms with E-state index in [0.717, 1.165) is 109 Å². The number of hydrogen-bond donors (Lipinski definition) is 8. The van der Waals surface area contributed by atoms with Crippen LogP contribution in [0.2, 0.25) is 0 Å². The van der Waals surface area contributed by atoms with Gasteiger partial charge in [-0.2, -0.15) is 57.4 Å². The molecule has 0 aliphatic carbocycles. The fraction of sp³-hybridized carbons (Fsp3) is 0.436. The van der Waals surface area contributed by atoms with E-state index >= 15 is 0 Å². The van der Waals surface area contributed by atoms with Gasteiger partial charge in [0.1, 0.15) is 23.3 Å². The molecule has 0 radical (unpaired) electrons. The number of nitrogens with one attached hydrogen (secondary N) is 4. The first-order chi connectivity index (χ1) is 56.3. The number of benzene rings is 4. The molecule has 12 aromatic rings. The molecule has 0 fully saturated rings. The van der Waals surface area contributed by atoms with E-state index < -0.39 is 24.3 Å². The maximum absolute atomic E-state index is 13.9. The number of nitrogens with zero attached hydrogens (tertiary/aromatic N) is 16. The maximum atomic E-state index is 13.9. The first kappa shape index (κ1) is 87.0. The van der Waals surface area contributed by atoms with Crippen molar-refractivity contribution in [2.75, 3.05) is 102 Å². The smallest absolute Gasteiger partial charge is 0.312 e. The molecule has 118 heavy (non-hydrogen) atoms. The minimum absolute atomic E-state index is 0.0422. The van der Waals surface area contributed by atoms with Crippen LogP contribution in [0.5, 0.6) is 46.0 Å². The Morgan fingerprint density at radius 1 is 0.364 bits per heavy atom. The highest BCUT2D eigenvalue weighted by molar-refractivity contribution is 14.1. The lowest BCUT2D eigenvalue weighted by atomic mass is 9.97. The van der Waals surface area contributed by atoms with E-state index in [9.17, 15) is 17.6 Å². The monoisotopic (exact) mass is 2080 g/mol. The standard InChI is InChI=1S/2C20H24FIN6O2.2C19H22FIN6O2/c2*1-20(2,3)9-24-4-5-28-15(25-16-17(23)26-19(21)27-18(16)28)7-11-6-13-14(8-12(11)22)30-10-29-13;2*1-10(2)8-23-3-4-27-15(24-16-17(22)25-19(20)26-18(16)27)6-11-5-13-14(7-12(11)21)29-9-28-13/h2*6,8,24H,4-5,7,9-10H2,1-3H3,(H2,23,26,27);2*5,7,10,23H,3-4,6,8-9H2,1-2H3,(H2,22,25,26)/i22+4;22-3;21+4;21-3. The molecule has 628 valence electrons. The summed E-state index contributed by atoms with van der Waals surface area (Å²) in [6.07, 6.45) is -1.32. The molecule has 12 heterocycles. The van der Waals surface area contributed by atoms with Crippen molar-refractivity contribution in [2.45, 2.75) is 121 Å². The van der Waals surface area contributed by atoms with Crippen molar-refractivity contribution in [3.8, 4) is 46.0 Å². The number of ether oxygens (including phenoxy) is 8. The van der Waals surface area contributed by atoms with E-state index in [-0.39, 0.29) is 61.3 Å². The zero-order chi connectivity index (χ0) is 84.0. The minimum Gasteiger partial charge on any atom is -0.454 e. The van der Waals surface area contributed by atoms with Crippen LogP contribution < -0.4 is 82.1 Å². The van der Waals surface area contributed by atoms with Gasteiger partial charge in [0.05, 0.1) is 0 Å². The van der Waals surface area contributed by atoms with Gasteiger partial charge in [-0.15, -0.1) is 0 Å². The third-order valence-electron chi connectivity index (χ3n) is 18.7. The first-order valence-corrected chi connectivity index (χ1v) is 42.5. The van der Waals surface area contributed by atoms with Crippen LogP contribution in [0.3, 0.4) is 0 Å². The van der Waals surface area contributed by atoms with Gasteiger partial charge in [-0.05, 0) is 197 Å². The molecule has 4 aliphatic rings. The average Bonchev–Trinajstić information content (AvgIpc) is 1.64. The Morgan fingerprint density at radius 3 is 0.864 bits per heavy atom. The lowest BCUT2D eigenvalue weighted by Crippen LogP contribution is -2.30. The summed E-state index contributed by atoms with van der Waals surface area (Å²) in [7, 11) is 0. The molecule has 4 aliphatic heterocycles. The Balaban J connectivity index is 0.000000136. The van der Waals surface area contributed by atoms with Crippen LogP contribution in [0.15, 0.2) is 48.5 Å². The number of nitrogen functional groups attached to an aromatic ring is 4. The lowest BCUT2D eigenvalue weighted by Gasteiger charge is -2.19. The van der Waals surface area contributed by atoms with Crippen molar-refractivity contribution in [1.82, 2.24) is 99.3 Å². The highest BCUT2D eigenvalue weighted by Crippen LogP contribution is 2.41. The molecular formula is C78H92F4I4N24O8. The van der Waals surface area contributed by atoms with E-state index in [1.165, 1.54) is 0 Å². The van der Waals surface area contributed by atoms with Gasteiger partial charge in [-0.25, -0.2) is 19.9 Å². The molecule has 0 unspecified atom stereocenters. The van der Waals surface area contributed by atoms with Gasteiger partial charge in [0.25, 0.3) is 0 Å². The SMILES string of the molecule is CC(C)(C)CNCCn1c(Cc2cc3c(cc2[124I])OCO3)nc2c(N)nc(F)nc21.CC(C)(C)CNCCn1c(Cc2cc3c(cc2[131I])OCO3)nc2c(N)nc(F)nc21.CC(C)CNCCn1c(Cc2cc3c(cc2[124I])OCO3)nc2c(N)nc(F)nc21.CC(C)CNCCn1c(Cc2cc3c(cc2[131I])OCO3)nc2c(N)nc(F)nc21. The summed E-state index contributed by atoms with van der Waals surface area (Å²) < 4.78 is 111. The normalized spacial score (nSPS) is 13.2. The van der Waals surface area contributed by atoms with Gasteiger partial charge < -0.3 is 100 Å². The zero-order valence-corrected chi connectivity index (χ0v) is 75.3. The fourth-order valence-electron chi connectivity index (χ4n) is 13.2. The van der Waals surface area contributed by atoms with Gasteiger partial charge in [0.15, 0.2) is 114 Å². The van der Waals surface area contributed by atoms with Gasteiger partial charge in [0.2, 0.25) is 27.2 Å². The van der Waals surface area contributed by atoms with Crippen LogP contribution in [0.1, 0.15) is 115 Å². The Morgan fingerprint density at radius 2 is 0.602 bits per heavy atom. The summed E-state index contributed by atoms with van der Waals surface area (Å²) in [4.78, 5) is 49.0. The molecule has 32 nitrogen and oxygen atoms in total. The molecule has 0 bridgehead atoms. The number of imidazole rings is 4. The lowest BCUT2D eigenvalue weighted by molar-refractivity contribution is 0.173. The van der Waals surface area contributed by atoms with E-state index in [2.05, 4.69) is 241 Å². The summed E-state index contributed by atoms with van der Waals surface area (Å²) in [5.74, 6) is 10.0. The second-order valence-electron chi connectivity index (χ2n) is 31.5. The van der Waals surface area contributed by atoms with E-state index in [1.54, 1.807) is 0 Å². The topological polar surface area (TPSA) is 400 Å². The second-order valence-corrected chi connectivity index (χ2v) is 36.1. The first-order valence-electron chi connectivity index (χ1n) is 38.1. The number of aromatic nitrogens is 16. The van der Waals surface area contributed by atoms with Crippen molar-refractivity contribution in [1.29, 1.82) is 0 Å². The predicted molar refractivity (Wildman–Crippen MR) is 471 cm³/mol. The number of anilines is 4. The number of hydrogen-bond acceptors (Lipinski definition) is 28. The molecular weight excluding hydrogens is 1990 g/mol. The van der Waals surface area contributed by atoms with Crippen LogP contribution in [0.25, 0.3) is 44.7 Å². The number of nitrogens with two attached hydrogens (primary N) is 4. The number of halogens is 8. The Kier molecular flexibility index (Phi) is 27.9. The van der Waals surface area contributed by atoms with Crippen LogP contribution in [0.4, 0.5) is 40.8 Å². The van der Waals surface area contributed by atoms with Crippen molar-refractivity contribution < 1.29 is 55.5 Å². The van der Waals surface area contributed by atoms with Gasteiger partial charge in [0, 0.05) is 105 Å². The second kappa shape index (κ2) is 37.8. The van der Waals surface area contributed by atoms with Crippen LogP contribution in [-0.4, -0.2) is 158 Å². The Bertz CT molecular complexity index is 5320. The molecule has 4 aromatic carbocycles. The third kappa shape index (κ3) is 21.5. The fourth-order valence-corrected chi connectivity index (χ4v) is 15.7. The average molecular weight is 2080 g/mol. The predicted octanol–water partition coefficient (Wildman–Crippen LogP) is 11.6. The van der Waals surface area contributed by atoms with E-state index in [0.29, 0.717) is 158 Å². The quantitative estimate of drug-likeness (QED) is 0.0108. The molecule has 0 atom stereocenters. The summed E-state index contributed by atoms with van der Waals surface area (Å²) in [6.45, 7) is 31.2. The number of fused-ring (bicyclic) bond motifs is 8. The molecule has 0 saturated heterocycles. The van der Waals surface area contributed by atoms with Crippen molar-refractivity contribution in [3.05, 3.63) is 133 Å². The van der Waals surface area contributed by atoms with Gasteiger partial charge in [-0.3, -0.25) is 0 Å². The van der Waals surface area contributed by atoms with Crippen LogP contribution in [-0.2, 0) is 51.9 Å². The van der Waals surface area contributed by atoms with Gasteiger partial charge >= 0.3 is 24.3 Å². The Labute approximate surface area is 731 Å². The summed E-state index contributed by atoms with van der Waals surface area (Å²) >= 11 is 9.07. The third-order valence-corrected chi connectivity index (χ3v) is 22.7. The summed E-state index contributed by atoms with van der Waals surface area (Å²) in [5.41, 5.74) is 31.4.